The number of guanidine groups is 1. The van der Waals surface area contributed by atoms with Crippen LogP contribution in [0.5, 0.6) is 0 Å². The van der Waals surface area contributed by atoms with Crippen LogP contribution in [-0.4, -0.2) is 73.3 Å². The van der Waals surface area contributed by atoms with Crippen LogP contribution in [0.25, 0.3) is 0 Å². The van der Waals surface area contributed by atoms with Crippen molar-refractivity contribution in [1.82, 2.24) is 15.5 Å². The molecule has 1 aliphatic heterocycles. The van der Waals surface area contributed by atoms with Crippen molar-refractivity contribution in [2.75, 3.05) is 58.2 Å². The predicted molar refractivity (Wildman–Crippen MR) is 109 cm³/mol. The average Bonchev–Trinajstić information content (AvgIpc) is 2.67. The smallest absolute Gasteiger partial charge is 0.191 e. The van der Waals surface area contributed by atoms with E-state index in [1.165, 1.54) is 0 Å². The molecule has 1 heterocycles. The average molecular weight is 381 g/mol. The molecular weight excluding hydrogens is 348 g/mol. The first-order valence-corrected chi connectivity index (χ1v) is 11.0. The maximum Gasteiger partial charge on any atom is 0.191 e. The van der Waals surface area contributed by atoms with Crippen LogP contribution in [0.3, 0.4) is 0 Å². The Labute approximate surface area is 159 Å². The van der Waals surface area contributed by atoms with Gasteiger partial charge in [-0.1, -0.05) is 30.3 Å². The first-order valence-electron chi connectivity index (χ1n) is 9.49. The molecule has 2 N–H and O–H groups in total. The van der Waals surface area contributed by atoms with Crippen LogP contribution in [0.4, 0.5) is 0 Å². The lowest BCUT2D eigenvalue weighted by atomic mass is 10.2. The summed E-state index contributed by atoms with van der Waals surface area (Å²) in [5, 5.41) is 6.54. The number of nitrogens with zero attached hydrogens (tertiary/aromatic N) is 2. The van der Waals surface area contributed by atoms with Gasteiger partial charge in [-0.15, -0.1) is 0 Å². The van der Waals surface area contributed by atoms with Crippen LogP contribution >= 0.6 is 0 Å². The summed E-state index contributed by atoms with van der Waals surface area (Å²) in [5.41, 5.74) is 1.12. The molecule has 1 unspecified atom stereocenters. The van der Waals surface area contributed by atoms with Crippen LogP contribution in [0, 0.1) is 0 Å². The van der Waals surface area contributed by atoms with Crippen LogP contribution in [0.2, 0.25) is 0 Å². The van der Waals surface area contributed by atoms with Gasteiger partial charge in [0.05, 0.1) is 13.2 Å². The minimum Gasteiger partial charge on any atom is -0.379 e. The Balaban J connectivity index is 1.63. The van der Waals surface area contributed by atoms with Crippen LogP contribution in [-0.2, 0) is 21.3 Å². The molecule has 1 aromatic carbocycles. The van der Waals surface area contributed by atoms with E-state index in [9.17, 15) is 4.21 Å². The molecule has 6 nitrogen and oxygen atoms in total. The fraction of sp³-hybridized carbons (Fsp3) is 0.632. The highest BCUT2D eigenvalue weighted by Gasteiger charge is 2.09. The van der Waals surface area contributed by atoms with Gasteiger partial charge in [0.1, 0.15) is 0 Å². The summed E-state index contributed by atoms with van der Waals surface area (Å²) in [6.07, 6.45) is 1.04. The van der Waals surface area contributed by atoms with Gasteiger partial charge in [-0.3, -0.25) is 14.1 Å². The van der Waals surface area contributed by atoms with Gasteiger partial charge in [0, 0.05) is 61.6 Å². The SMILES string of the molecule is CCNC(=NCCCN1CCOCC1)NCCS(=O)Cc1ccccc1. The zero-order valence-electron chi connectivity index (χ0n) is 15.8. The third kappa shape index (κ3) is 8.78. The van der Waals surface area contributed by atoms with Gasteiger partial charge in [-0.25, -0.2) is 0 Å². The number of benzene rings is 1. The molecular formula is C19H32N4O2S. The zero-order valence-corrected chi connectivity index (χ0v) is 16.6. The van der Waals surface area contributed by atoms with Crippen molar-refractivity contribution >= 4 is 16.8 Å². The Morgan fingerprint density at radius 1 is 1.23 bits per heavy atom. The van der Waals surface area contributed by atoms with Gasteiger partial charge < -0.3 is 15.4 Å². The van der Waals surface area contributed by atoms with E-state index >= 15 is 0 Å². The second kappa shape index (κ2) is 12.8. The topological polar surface area (TPSA) is 66.0 Å². The molecule has 1 saturated heterocycles. The highest BCUT2D eigenvalue weighted by molar-refractivity contribution is 7.84. The maximum absolute atomic E-state index is 12.2. The number of hydrogen-bond donors (Lipinski definition) is 2. The van der Waals surface area contributed by atoms with Crippen molar-refractivity contribution in [2.24, 2.45) is 4.99 Å². The Kier molecular flexibility index (Phi) is 10.3. The minimum absolute atomic E-state index is 0.607. The molecule has 0 amide bonds. The zero-order chi connectivity index (χ0) is 18.5. The van der Waals surface area contributed by atoms with E-state index < -0.39 is 10.8 Å². The second-order valence-electron chi connectivity index (χ2n) is 6.27. The fourth-order valence-electron chi connectivity index (χ4n) is 2.77. The van der Waals surface area contributed by atoms with E-state index in [-0.39, 0.29) is 0 Å². The summed E-state index contributed by atoms with van der Waals surface area (Å²) >= 11 is 0. The number of morpholine rings is 1. The normalized spacial score (nSPS) is 17.0. The van der Waals surface area contributed by atoms with Gasteiger partial charge in [0.2, 0.25) is 0 Å². The molecule has 0 spiro atoms. The van der Waals surface area contributed by atoms with E-state index in [4.69, 9.17) is 4.74 Å². The highest BCUT2D eigenvalue weighted by Crippen LogP contribution is 2.02. The molecule has 0 aromatic heterocycles. The first-order chi connectivity index (χ1) is 12.8. The number of nitrogens with one attached hydrogen (secondary N) is 2. The summed E-state index contributed by atoms with van der Waals surface area (Å²) in [6.45, 7) is 9.12. The number of rotatable bonds is 10. The van der Waals surface area contributed by atoms with Gasteiger partial charge in [-0.05, 0) is 18.9 Å². The summed E-state index contributed by atoms with van der Waals surface area (Å²) in [4.78, 5) is 7.04. The van der Waals surface area contributed by atoms with Crippen molar-refractivity contribution in [3.05, 3.63) is 35.9 Å². The van der Waals surface area contributed by atoms with Gasteiger partial charge >= 0.3 is 0 Å². The summed E-state index contributed by atoms with van der Waals surface area (Å²) in [6, 6.07) is 9.98. The molecule has 146 valence electrons. The Hall–Kier alpha value is -1.44. The van der Waals surface area contributed by atoms with E-state index in [2.05, 4.69) is 27.4 Å². The molecule has 7 heteroatoms. The third-order valence-electron chi connectivity index (χ3n) is 4.14. The van der Waals surface area contributed by atoms with Crippen molar-refractivity contribution in [3.63, 3.8) is 0 Å². The van der Waals surface area contributed by atoms with Crippen molar-refractivity contribution < 1.29 is 8.95 Å². The van der Waals surface area contributed by atoms with Gasteiger partial charge in [0.25, 0.3) is 0 Å². The molecule has 0 bridgehead atoms. The number of hydrogen-bond acceptors (Lipinski definition) is 4. The summed E-state index contributed by atoms with van der Waals surface area (Å²) in [5.74, 6) is 2.04. The predicted octanol–water partition coefficient (Wildman–Crippen LogP) is 1.21. The molecule has 0 saturated carbocycles. The summed E-state index contributed by atoms with van der Waals surface area (Å²) < 4.78 is 17.5. The Morgan fingerprint density at radius 2 is 2.00 bits per heavy atom. The molecule has 2 rings (SSSR count). The molecule has 26 heavy (non-hydrogen) atoms. The minimum atomic E-state index is -0.866. The Morgan fingerprint density at radius 3 is 2.73 bits per heavy atom. The van der Waals surface area contributed by atoms with Crippen LogP contribution in [0.15, 0.2) is 35.3 Å². The molecule has 0 aliphatic carbocycles. The van der Waals surface area contributed by atoms with Gasteiger partial charge in [0.15, 0.2) is 5.96 Å². The quantitative estimate of drug-likeness (QED) is 0.363. The molecule has 0 radical (unpaired) electrons. The standard InChI is InChI=1S/C19H32N4O2S/c1-2-20-19(21-9-6-11-23-12-14-25-15-13-23)22-10-16-26(24)17-18-7-4-3-5-8-18/h3-5,7-8H,2,6,9-17H2,1H3,(H2,20,21,22). The lowest BCUT2D eigenvalue weighted by molar-refractivity contribution is 0.0377. The van der Waals surface area contributed by atoms with Crippen molar-refractivity contribution in [1.29, 1.82) is 0 Å². The lowest BCUT2D eigenvalue weighted by Gasteiger charge is -2.26. The fourth-order valence-corrected chi connectivity index (χ4v) is 3.81. The second-order valence-corrected chi connectivity index (χ2v) is 7.85. The lowest BCUT2D eigenvalue weighted by Crippen LogP contribution is -2.39. The Bertz CT molecular complexity index is 548. The van der Waals surface area contributed by atoms with Crippen LogP contribution < -0.4 is 10.6 Å². The molecule has 1 aromatic rings. The highest BCUT2D eigenvalue weighted by atomic mass is 32.2. The number of ether oxygens (including phenoxy) is 1. The van der Waals surface area contributed by atoms with Crippen LogP contribution in [0.1, 0.15) is 18.9 Å². The molecule has 1 atom stereocenters. The first kappa shape index (κ1) is 20.9. The molecule has 1 fully saturated rings. The van der Waals surface area contributed by atoms with Crippen molar-refractivity contribution in [2.45, 2.75) is 19.1 Å². The van der Waals surface area contributed by atoms with E-state index in [0.29, 0.717) is 18.1 Å². The third-order valence-corrected chi connectivity index (χ3v) is 5.46. The molecule has 1 aliphatic rings. The van der Waals surface area contributed by atoms with Crippen molar-refractivity contribution in [3.8, 4) is 0 Å². The maximum atomic E-state index is 12.2. The monoisotopic (exact) mass is 380 g/mol. The number of aliphatic imine (C=N–C) groups is 1. The summed E-state index contributed by atoms with van der Waals surface area (Å²) in [7, 11) is -0.866. The largest absolute Gasteiger partial charge is 0.379 e. The van der Waals surface area contributed by atoms with E-state index in [1.54, 1.807) is 0 Å². The van der Waals surface area contributed by atoms with E-state index in [0.717, 1.165) is 63.9 Å². The van der Waals surface area contributed by atoms with Gasteiger partial charge in [-0.2, -0.15) is 0 Å². The van der Waals surface area contributed by atoms with E-state index in [1.807, 2.05) is 30.3 Å².